The number of carbonyl (C=O) groups is 1. The summed E-state index contributed by atoms with van der Waals surface area (Å²) in [6, 6.07) is 15.1. The first-order chi connectivity index (χ1) is 17.5. The van der Waals surface area contributed by atoms with Gasteiger partial charge in [0, 0.05) is 30.6 Å². The molecule has 4 nitrogen and oxygen atoms in total. The van der Waals surface area contributed by atoms with Crippen LogP contribution in [0.2, 0.25) is 5.15 Å². The zero-order chi connectivity index (χ0) is 24.7. The zero-order valence-electron chi connectivity index (χ0n) is 21.1. The number of piperidine rings is 1. The Morgan fingerprint density at radius 1 is 1.08 bits per heavy atom. The number of pyridine rings is 1. The van der Waals surface area contributed by atoms with Crippen LogP contribution in [0.15, 0.2) is 42.5 Å². The topological polar surface area (TPSA) is 51.1 Å². The van der Waals surface area contributed by atoms with Crippen LogP contribution in [-0.4, -0.2) is 42.7 Å². The van der Waals surface area contributed by atoms with E-state index >= 15 is 0 Å². The van der Waals surface area contributed by atoms with Crippen molar-refractivity contribution in [1.82, 2.24) is 4.90 Å². The van der Waals surface area contributed by atoms with Crippen LogP contribution < -0.4 is 10.3 Å². The molecule has 2 saturated heterocycles. The summed E-state index contributed by atoms with van der Waals surface area (Å²) in [6.07, 6.45) is 7.56. The van der Waals surface area contributed by atoms with Gasteiger partial charge in [0.05, 0.1) is 18.5 Å². The zero-order valence-corrected chi connectivity index (χ0v) is 21.9. The van der Waals surface area contributed by atoms with Gasteiger partial charge >= 0.3 is 0 Å². The average molecular weight is 512 g/mol. The number of aromatic amines is 1. The summed E-state index contributed by atoms with van der Waals surface area (Å²) in [4.78, 5) is 20.2. The Kier molecular flexibility index (Phi) is 6.81. The minimum Gasteiger partial charge on any atom is -0.345 e. The minimum absolute atomic E-state index is 0.0144. The number of aromatic nitrogens is 1. The van der Waals surface area contributed by atoms with Gasteiger partial charge in [0.1, 0.15) is 12.1 Å². The first-order valence-electron chi connectivity index (χ1n) is 14.1. The predicted molar refractivity (Wildman–Crippen MR) is 139 cm³/mol. The number of halogens is 2. The molecule has 0 bridgehead atoms. The van der Waals surface area contributed by atoms with Gasteiger partial charge in [0.25, 0.3) is 5.15 Å². The van der Waals surface area contributed by atoms with E-state index < -0.39 is 6.17 Å². The lowest BCUT2D eigenvalue weighted by Gasteiger charge is -2.47. The van der Waals surface area contributed by atoms with E-state index in [1.807, 2.05) is 6.07 Å². The minimum atomic E-state index is -0.673. The molecule has 2 aromatic rings. The highest BCUT2D eigenvalue weighted by molar-refractivity contribution is 6.28. The van der Waals surface area contributed by atoms with Crippen molar-refractivity contribution in [3.63, 3.8) is 0 Å². The van der Waals surface area contributed by atoms with Crippen LogP contribution in [0, 0.1) is 11.8 Å². The van der Waals surface area contributed by atoms with Gasteiger partial charge in [-0.2, -0.15) is 4.98 Å². The summed E-state index contributed by atoms with van der Waals surface area (Å²) in [5, 5.41) is 3.02. The first-order valence-corrected chi connectivity index (χ1v) is 14.5. The molecule has 1 amide bonds. The van der Waals surface area contributed by atoms with Crippen molar-refractivity contribution in [3.8, 4) is 0 Å². The van der Waals surface area contributed by atoms with Crippen LogP contribution in [0.3, 0.4) is 0 Å². The fraction of sp³-hybridized carbons (Fsp3) is 0.600. The van der Waals surface area contributed by atoms with Crippen LogP contribution in [0.25, 0.3) is 0 Å². The summed E-state index contributed by atoms with van der Waals surface area (Å²) in [5.41, 5.74) is 3.78. The summed E-state index contributed by atoms with van der Waals surface area (Å²) >= 11 is 6.31. The molecule has 0 radical (unpaired) electrons. The van der Waals surface area contributed by atoms with Gasteiger partial charge < -0.3 is 10.2 Å². The lowest BCUT2D eigenvalue weighted by Crippen LogP contribution is -2.82. The maximum absolute atomic E-state index is 14.5. The van der Waals surface area contributed by atoms with Crippen LogP contribution in [0.1, 0.15) is 74.1 Å². The van der Waals surface area contributed by atoms with Crippen LogP contribution >= 0.6 is 11.6 Å². The number of nitrogens with one attached hydrogen (secondary N) is 1. The number of carbonyl (C=O) groups excluding carboxylic acids is 1. The van der Waals surface area contributed by atoms with Crippen LogP contribution in [0.5, 0.6) is 0 Å². The Balaban J connectivity index is 1.30. The standard InChI is InChI=1S/C30H37ClFN3O/c31-28-13-12-24-26(34-28)7-4-15-30(24)19-33-18-25(30)29(36)35-16-14-22(20-5-2-1-3-6-20)17-27(35)21-8-10-23(32)11-9-21/h1-3,5-6,12-13,21-23,25,27,33H,4,7-11,14-19H2/p+2/t21?,22-,23?,25?,27-,30-/m0/s1. The fourth-order valence-corrected chi connectivity index (χ4v) is 8.26. The second kappa shape index (κ2) is 10.1. The number of amides is 1. The van der Waals surface area contributed by atoms with E-state index in [9.17, 15) is 9.18 Å². The van der Waals surface area contributed by atoms with Gasteiger partial charge in [0.2, 0.25) is 5.91 Å². The number of rotatable bonds is 3. The van der Waals surface area contributed by atoms with E-state index in [4.69, 9.17) is 11.6 Å². The molecule has 192 valence electrons. The van der Waals surface area contributed by atoms with E-state index in [1.165, 1.54) is 16.8 Å². The van der Waals surface area contributed by atoms with Gasteiger partial charge in [-0.3, -0.25) is 4.79 Å². The number of aryl methyl sites for hydroxylation is 1. The Bertz CT molecular complexity index is 1090. The third-order valence-electron chi connectivity index (χ3n) is 9.90. The number of hydrogen-bond donors (Lipinski definition) is 1. The third kappa shape index (κ3) is 4.36. The number of quaternary nitrogens is 1. The second-order valence-electron chi connectivity index (χ2n) is 11.7. The highest BCUT2D eigenvalue weighted by Gasteiger charge is 2.56. The summed E-state index contributed by atoms with van der Waals surface area (Å²) in [6.45, 7) is 2.62. The van der Waals surface area contributed by atoms with E-state index in [2.05, 4.69) is 51.6 Å². The molecular formula is C30H39ClFN3O+2. The van der Waals surface area contributed by atoms with Crippen molar-refractivity contribution in [2.45, 2.75) is 81.3 Å². The summed E-state index contributed by atoms with van der Waals surface area (Å²) in [7, 11) is 0. The number of hydrogen-bond acceptors (Lipinski definition) is 1. The molecule has 36 heavy (non-hydrogen) atoms. The van der Waals surface area contributed by atoms with Gasteiger partial charge in [-0.1, -0.05) is 30.3 Å². The van der Waals surface area contributed by atoms with Gasteiger partial charge in [-0.25, -0.2) is 4.39 Å². The van der Waals surface area contributed by atoms with Gasteiger partial charge in [-0.05, 0) is 86.4 Å². The normalized spacial score (nSPS) is 34.5. The molecule has 4 aliphatic rings. The first kappa shape index (κ1) is 24.4. The van der Waals surface area contributed by atoms with Crippen molar-refractivity contribution < 1.29 is 19.5 Å². The number of benzene rings is 1. The lowest BCUT2D eigenvalue weighted by atomic mass is 9.64. The van der Waals surface area contributed by atoms with Gasteiger partial charge in [0.15, 0.2) is 5.69 Å². The smallest absolute Gasteiger partial charge is 0.273 e. The lowest BCUT2D eigenvalue weighted by molar-refractivity contribution is -0.640. The number of likely N-dealkylation sites (tertiary alicyclic amines) is 1. The Labute approximate surface area is 219 Å². The second-order valence-corrected chi connectivity index (χ2v) is 12.1. The maximum Gasteiger partial charge on any atom is 0.273 e. The molecule has 4 atom stereocenters. The van der Waals surface area contributed by atoms with Crippen molar-refractivity contribution in [2.24, 2.45) is 11.8 Å². The van der Waals surface area contributed by atoms with E-state index in [-0.39, 0.29) is 17.4 Å². The molecule has 6 heteroatoms. The fourth-order valence-electron chi connectivity index (χ4n) is 8.09. The quantitative estimate of drug-likeness (QED) is 0.616. The molecule has 2 aliphatic carbocycles. The molecule has 1 aromatic carbocycles. The Morgan fingerprint density at radius 2 is 1.89 bits per heavy atom. The average Bonchev–Trinajstić information content (AvgIpc) is 3.32. The monoisotopic (exact) mass is 511 g/mol. The summed E-state index contributed by atoms with van der Waals surface area (Å²) < 4.78 is 14.1. The molecule has 2 aliphatic heterocycles. The highest BCUT2D eigenvalue weighted by atomic mass is 35.5. The highest BCUT2D eigenvalue weighted by Crippen LogP contribution is 2.46. The van der Waals surface area contributed by atoms with Crippen LogP contribution in [0.4, 0.5) is 4.39 Å². The number of fused-ring (bicyclic) bond motifs is 2. The maximum atomic E-state index is 14.5. The van der Waals surface area contributed by atoms with E-state index in [0.717, 1.165) is 64.6 Å². The Hall–Kier alpha value is -1.98. The molecule has 3 heterocycles. The molecular weight excluding hydrogens is 473 g/mol. The molecule has 3 N–H and O–H groups in total. The number of H-pyrrole nitrogens is 1. The molecule has 1 unspecified atom stereocenters. The largest absolute Gasteiger partial charge is 0.345 e. The summed E-state index contributed by atoms with van der Waals surface area (Å²) in [5.74, 6) is 1.20. The number of nitrogens with two attached hydrogens (primary N) is 1. The van der Waals surface area contributed by atoms with E-state index in [0.29, 0.717) is 35.7 Å². The SMILES string of the molecule is O=C(C1C[NH2+]C[C@]12CCCc1[nH+]c(Cl)ccc12)N1CC[C@H](c2ccccc2)C[C@H]1C1CCC(F)CC1. The molecule has 1 aromatic heterocycles. The Morgan fingerprint density at radius 3 is 2.69 bits per heavy atom. The third-order valence-corrected chi connectivity index (χ3v) is 10.1. The molecule has 1 saturated carbocycles. The predicted octanol–water partition coefficient (Wildman–Crippen LogP) is 4.22. The van der Waals surface area contributed by atoms with Crippen molar-refractivity contribution in [1.29, 1.82) is 0 Å². The van der Waals surface area contributed by atoms with E-state index in [1.54, 1.807) is 0 Å². The van der Waals surface area contributed by atoms with Crippen LogP contribution in [-0.2, 0) is 16.6 Å². The molecule has 3 fully saturated rings. The van der Waals surface area contributed by atoms with Gasteiger partial charge in [-0.15, -0.1) is 0 Å². The van der Waals surface area contributed by atoms with Crippen molar-refractivity contribution >= 4 is 17.5 Å². The van der Waals surface area contributed by atoms with Crippen molar-refractivity contribution in [3.05, 3.63) is 64.4 Å². The van der Waals surface area contributed by atoms with Crippen molar-refractivity contribution in [2.75, 3.05) is 19.6 Å². The molecule has 6 rings (SSSR count). The molecule has 1 spiro atoms. The number of nitrogens with zero attached hydrogens (tertiary/aromatic N) is 1. The number of alkyl halides is 1.